The highest BCUT2D eigenvalue weighted by atomic mass is 16.2. The molecule has 24 heavy (non-hydrogen) atoms. The van der Waals surface area contributed by atoms with Crippen molar-refractivity contribution in [3.63, 3.8) is 0 Å². The van der Waals surface area contributed by atoms with E-state index in [1.54, 1.807) is 0 Å². The van der Waals surface area contributed by atoms with Crippen molar-refractivity contribution in [2.24, 2.45) is 5.92 Å². The highest BCUT2D eigenvalue weighted by Crippen LogP contribution is 2.22. The van der Waals surface area contributed by atoms with Crippen LogP contribution in [0.4, 0.5) is 4.79 Å². The summed E-state index contributed by atoms with van der Waals surface area (Å²) in [5.41, 5.74) is 1.37. The fourth-order valence-electron chi connectivity index (χ4n) is 3.94. The summed E-state index contributed by atoms with van der Waals surface area (Å²) in [6, 6.07) is 11.0. The minimum absolute atomic E-state index is 0.0297. The van der Waals surface area contributed by atoms with Gasteiger partial charge in [0.1, 0.15) is 0 Å². The Bertz CT molecular complexity index is 491. The molecule has 1 saturated carbocycles. The van der Waals surface area contributed by atoms with Crippen LogP contribution in [-0.4, -0.2) is 36.6 Å². The summed E-state index contributed by atoms with van der Waals surface area (Å²) in [4.78, 5) is 14.6. The molecule has 2 aliphatic rings. The zero-order chi connectivity index (χ0) is 16.6. The van der Waals surface area contributed by atoms with Crippen molar-refractivity contribution in [2.45, 2.75) is 57.5 Å². The minimum Gasteiger partial charge on any atom is -0.338 e. The van der Waals surface area contributed by atoms with Crippen molar-refractivity contribution < 1.29 is 4.79 Å². The fraction of sp³-hybridized carbons (Fsp3) is 0.650. The molecule has 0 spiro atoms. The van der Waals surface area contributed by atoms with Crippen LogP contribution in [0.2, 0.25) is 0 Å². The first kappa shape index (κ1) is 17.3. The zero-order valence-corrected chi connectivity index (χ0v) is 14.7. The van der Waals surface area contributed by atoms with Crippen molar-refractivity contribution in [2.75, 3.05) is 19.6 Å². The number of carbonyl (C=O) groups excluding carboxylic acids is 1. The Hall–Kier alpha value is -1.55. The van der Waals surface area contributed by atoms with E-state index < -0.39 is 0 Å². The Labute approximate surface area is 146 Å². The maximum Gasteiger partial charge on any atom is 0.315 e. The van der Waals surface area contributed by atoms with Gasteiger partial charge in [0.15, 0.2) is 0 Å². The van der Waals surface area contributed by atoms with E-state index in [4.69, 9.17) is 0 Å². The summed E-state index contributed by atoms with van der Waals surface area (Å²) in [5.74, 6) is 0.692. The highest BCUT2D eigenvalue weighted by Gasteiger charge is 2.21. The number of hydrogen-bond donors (Lipinski definition) is 2. The number of amides is 2. The van der Waals surface area contributed by atoms with Gasteiger partial charge in [-0.05, 0) is 37.2 Å². The van der Waals surface area contributed by atoms with Gasteiger partial charge in [0.2, 0.25) is 0 Å². The number of nitrogens with one attached hydrogen (secondary N) is 2. The predicted octanol–water partition coefficient (Wildman–Crippen LogP) is 3.53. The number of likely N-dealkylation sites (tertiary alicyclic amines) is 1. The molecule has 2 amide bonds. The molecule has 0 atom stereocenters. The molecule has 1 heterocycles. The van der Waals surface area contributed by atoms with Gasteiger partial charge in [0.25, 0.3) is 0 Å². The zero-order valence-electron chi connectivity index (χ0n) is 14.7. The Kier molecular flexibility index (Phi) is 6.53. The molecule has 132 valence electrons. The van der Waals surface area contributed by atoms with Crippen molar-refractivity contribution >= 4 is 6.03 Å². The molecule has 1 aromatic carbocycles. The number of urea groups is 1. The first-order chi connectivity index (χ1) is 11.8. The molecule has 4 nitrogen and oxygen atoms in total. The van der Waals surface area contributed by atoms with Crippen molar-refractivity contribution in [3.05, 3.63) is 35.9 Å². The summed E-state index contributed by atoms with van der Waals surface area (Å²) >= 11 is 0. The van der Waals surface area contributed by atoms with E-state index in [1.165, 1.54) is 37.7 Å². The molecule has 2 fully saturated rings. The van der Waals surface area contributed by atoms with Gasteiger partial charge in [-0.2, -0.15) is 0 Å². The van der Waals surface area contributed by atoms with Crippen LogP contribution < -0.4 is 10.6 Å². The number of carbonyl (C=O) groups is 1. The summed E-state index contributed by atoms with van der Waals surface area (Å²) in [7, 11) is 0. The molecular weight excluding hydrogens is 298 g/mol. The summed E-state index contributed by atoms with van der Waals surface area (Å²) in [6.45, 7) is 3.98. The van der Waals surface area contributed by atoms with Crippen LogP contribution in [0.5, 0.6) is 0 Å². The first-order valence-corrected chi connectivity index (χ1v) is 9.60. The molecule has 1 saturated heterocycles. The van der Waals surface area contributed by atoms with Gasteiger partial charge < -0.3 is 10.6 Å². The van der Waals surface area contributed by atoms with Crippen LogP contribution in [0.3, 0.4) is 0 Å². The van der Waals surface area contributed by atoms with Gasteiger partial charge in [-0.25, -0.2) is 4.79 Å². The largest absolute Gasteiger partial charge is 0.338 e. The van der Waals surface area contributed by atoms with Crippen LogP contribution in [0.1, 0.15) is 50.5 Å². The lowest BCUT2D eigenvalue weighted by molar-refractivity contribution is 0.185. The maximum atomic E-state index is 12.1. The summed E-state index contributed by atoms with van der Waals surface area (Å²) in [6.07, 6.45) is 8.66. The van der Waals surface area contributed by atoms with E-state index in [1.807, 2.05) is 0 Å². The Balaban J connectivity index is 1.32. The van der Waals surface area contributed by atoms with E-state index in [-0.39, 0.29) is 6.03 Å². The molecule has 2 N–H and O–H groups in total. The third kappa shape index (κ3) is 5.52. The van der Waals surface area contributed by atoms with Crippen LogP contribution >= 0.6 is 0 Å². The number of rotatable bonds is 5. The number of hydrogen-bond acceptors (Lipinski definition) is 2. The molecular formula is C20H31N3O. The molecule has 4 heteroatoms. The first-order valence-electron chi connectivity index (χ1n) is 9.60. The van der Waals surface area contributed by atoms with E-state index >= 15 is 0 Å². The molecule has 0 radical (unpaired) electrons. The third-order valence-corrected chi connectivity index (χ3v) is 5.45. The Morgan fingerprint density at radius 2 is 1.71 bits per heavy atom. The lowest BCUT2D eigenvalue weighted by Gasteiger charge is -2.32. The second-order valence-electron chi connectivity index (χ2n) is 7.39. The van der Waals surface area contributed by atoms with Gasteiger partial charge in [0.05, 0.1) is 0 Å². The van der Waals surface area contributed by atoms with Crippen LogP contribution in [0.15, 0.2) is 30.3 Å². The normalized spacial score (nSPS) is 20.7. The number of nitrogens with zero attached hydrogens (tertiary/aromatic N) is 1. The number of benzene rings is 1. The predicted molar refractivity (Wildman–Crippen MR) is 97.9 cm³/mol. The van der Waals surface area contributed by atoms with Gasteiger partial charge in [-0.15, -0.1) is 0 Å². The average molecular weight is 329 g/mol. The quantitative estimate of drug-likeness (QED) is 0.868. The minimum atomic E-state index is 0.0297. The molecule has 0 aromatic heterocycles. The van der Waals surface area contributed by atoms with Gasteiger partial charge in [-0.3, -0.25) is 4.90 Å². The van der Waals surface area contributed by atoms with Crippen molar-refractivity contribution in [1.82, 2.24) is 15.5 Å². The molecule has 1 aromatic rings. The number of piperidine rings is 1. The lowest BCUT2D eigenvalue weighted by Crippen LogP contribution is -2.48. The van der Waals surface area contributed by atoms with Crippen LogP contribution in [-0.2, 0) is 6.54 Å². The summed E-state index contributed by atoms with van der Waals surface area (Å²) < 4.78 is 0. The topological polar surface area (TPSA) is 44.4 Å². The monoisotopic (exact) mass is 329 g/mol. The standard InChI is InChI=1S/C20H31N3O/c24-20(21-15-17-7-3-1-4-8-17)22-19-11-13-23(14-12-19)16-18-9-5-2-6-10-18/h2,5-6,9-10,17,19H,1,3-4,7-8,11-16H2,(H2,21,22,24). The van der Waals surface area contributed by atoms with Gasteiger partial charge in [-0.1, -0.05) is 49.6 Å². The van der Waals surface area contributed by atoms with E-state index in [2.05, 4.69) is 45.9 Å². The highest BCUT2D eigenvalue weighted by molar-refractivity contribution is 5.74. The molecule has 0 bridgehead atoms. The molecule has 1 aliphatic carbocycles. The maximum absolute atomic E-state index is 12.1. The van der Waals surface area contributed by atoms with Crippen LogP contribution in [0.25, 0.3) is 0 Å². The van der Waals surface area contributed by atoms with Crippen molar-refractivity contribution in [3.8, 4) is 0 Å². The lowest BCUT2D eigenvalue weighted by atomic mass is 9.89. The third-order valence-electron chi connectivity index (χ3n) is 5.45. The molecule has 0 unspecified atom stereocenters. The second-order valence-corrected chi connectivity index (χ2v) is 7.39. The second kappa shape index (κ2) is 9.07. The molecule has 3 rings (SSSR count). The van der Waals surface area contributed by atoms with Gasteiger partial charge in [0, 0.05) is 32.2 Å². The van der Waals surface area contributed by atoms with Gasteiger partial charge >= 0.3 is 6.03 Å². The fourth-order valence-corrected chi connectivity index (χ4v) is 3.94. The Morgan fingerprint density at radius 1 is 1.00 bits per heavy atom. The van der Waals surface area contributed by atoms with E-state index in [0.29, 0.717) is 12.0 Å². The Morgan fingerprint density at radius 3 is 2.42 bits per heavy atom. The average Bonchev–Trinajstić information content (AvgIpc) is 2.63. The van der Waals surface area contributed by atoms with E-state index in [9.17, 15) is 4.79 Å². The van der Waals surface area contributed by atoms with Crippen molar-refractivity contribution in [1.29, 1.82) is 0 Å². The smallest absolute Gasteiger partial charge is 0.315 e. The molecule has 1 aliphatic heterocycles. The van der Waals surface area contributed by atoms with E-state index in [0.717, 1.165) is 39.0 Å². The van der Waals surface area contributed by atoms with Crippen LogP contribution in [0, 0.1) is 5.92 Å². The SMILES string of the molecule is O=C(NCC1CCCCC1)NC1CCN(Cc2ccccc2)CC1. The summed E-state index contributed by atoms with van der Waals surface area (Å²) in [5, 5.41) is 6.25.